The van der Waals surface area contributed by atoms with E-state index in [-0.39, 0.29) is 29.7 Å². The van der Waals surface area contributed by atoms with Gasteiger partial charge >= 0.3 is 0 Å². The van der Waals surface area contributed by atoms with Crippen LogP contribution in [-0.4, -0.2) is 16.6 Å². The fourth-order valence-corrected chi connectivity index (χ4v) is 4.17. The van der Waals surface area contributed by atoms with Gasteiger partial charge in [0.2, 0.25) is 5.91 Å². The summed E-state index contributed by atoms with van der Waals surface area (Å²) in [6, 6.07) is 13.9. The number of Topliss-reactive ketones (excluding diaryl/α,β-unsaturated/α-hetero) is 1. The third-order valence-electron chi connectivity index (χ3n) is 5.44. The smallest absolute Gasteiger partial charge is 0.269 e. The molecule has 2 aromatic rings. The number of amides is 1. The van der Waals surface area contributed by atoms with Gasteiger partial charge in [0.25, 0.3) is 5.69 Å². The van der Waals surface area contributed by atoms with Gasteiger partial charge < -0.3 is 0 Å². The zero-order valence-corrected chi connectivity index (χ0v) is 15.6. The molecule has 6 nitrogen and oxygen atoms in total. The number of hydrogen-bond acceptors (Lipinski definition) is 4. The summed E-state index contributed by atoms with van der Waals surface area (Å²) in [5, 5.41) is 10.9. The number of rotatable bonds is 3. The van der Waals surface area contributed by atoms with Crippen molar-refractivity contribution >= 4 is 23.1 Å². The fraction of sp³-hybridized carbons (Fsp3) is 0.273. The van der Waals surface area contributed by atoms with Crippen molar-refractivity contribution in [1.82, 2.24) is 0 Å². The molecular weight excluding hydrogens is 356 g/mol. The Morgan fingerprint density at radius 3 is 2.50 bits per heavy atom. The molecule has 142 valence electrons. The van der Waals surface area contributed by atoms with Gasteiger partial charge in [-0.3, -0.25) is 24.6 Å². The number of nitro benzene ring substituents is 1. The van der Waals surface area contributed by atoms with Crippen LogP contribution in [0.2, 0.25) is 0 Å². The molecule has 2 aromatic carbocycles. The molecule has 28 heavy (non-hydrogen) atoms. The van der Waals surface area contributed by atoms with E-state index in [1.54, 1.807) is 17.0 Å². The molecule has 4 rings (SSSR count). The van der Waals surface area contributed by atoms with Gasteiger partial charge in [0.1, 0.15) is 0 Å². The highest BCUT2D eigenvalue weighted by Gasteiger charge is 2.39. The molecule has 1 aliphatic heterocycles. The van der Waals surface area contributed by atoms with Crippen LogP contribution >= 0.6 is 0 Å². The highest BCUT2D eigenvalue weighted by atomic mass is 16.6. The van der Waals surface area contributed by atoms with Crippen LogP contribution in [0.3, 0.4) is 0 Å². The lowest BCUT2D eigenvalue weighted by Crippen LogP contribution is -2.40. The molecule has 0 radical (unpaired) electrons. The summed E-state index contributed by atoms with van der Waals surface area (Å²) in [5.74, 6) is -0.339. The van der Waals surface area contributed by atoms with E-state index in [0.717, 1.165) is 28.9 Å². The lowest BCUT2D eigenvalue weighted by molar-refractivity contribution is -0.384. The zero-order chi connectivity index (χ0) is 19.8. The Bertz CT molecular complexity index is 1010. The number of anilines is 1. The van der Waals surface area contributed by atoms with Gasteiger partial charge in [0.15, 0.2) is 5.78 Å². The first kappa shape index (κ1) is 18.1. The van der Waals surface area contributed by atoms with Crippen LogP contribution in [0, 0.1) is 17.0 Å². The van der Waals surface area contributed by atoms with Crippen molar-refractivity contribution in [3.8, 4) is 0 Å². The number of carbonyl (C=O) groups is 2. The molecule has 0 spiro atoms. The number of hydrogen-bond donors (Lipinski definition) is 0. The molecule has 2 aliphatic rings. The third-order valence-corrected chi connectivity index (χ3v) is 5.44. The second-order valence-electron chi connectivity index (χ2n) is 7.31. The average Bonchev–Trinajstić information content (AvgIpc) is 2.67. The number of aryl methyl sites for hydroxylation is 1. The van der Waals surface area contributed by atoms with Crippen molar-refractivity contribution in [2.45, 2.75) is 38.5 Å². The predicted molar refractivity (Wildman–Crippen MR) is 105 cm³/mol. The summed E-state index contributed by atoms with van der Waals surface area (Å²) in [6.07, 6.45) is 2.04. The van der Waals surface area contributed by atoms with Crippen molar-refractivity contribution in [2.75, 3.05) is 4.90 Å². The first-order valence-corrected chi connectivity index (χ1v) is 9.36. The first-order valence-electron chi connectivity index (χ1n) is 9.36. The lowest BCUT2D eigenvalue weighted by Gasteiger charge is -2.38. The van der Waals surface area contributed by atoms with E-state index in [9.17, 15) is 19.7 Å². The minimum atomic E-state index is -0.453. The Kier molecular flexibility index (Phi) is 4.55. The summed E-state index contributed by atoms with van der Waals surface area (Å²) >= 11 is 0. The summed E-state index contributed by atoms with van der Waals surface area (Å²) in [5.41, 5.74) is 4.06. The molecule has 1 unspecified atom stereocenters. The number of non-ortho nitro benzene ring substituents is 1. The van der Waals surface area contributed by atoms with Gasteiger partial charge in [-0.25, -0.2) is 0 Å². The number of carbonyl (C=O) groups excluding carboxylic acids is 2. The van der Waals surface area contributed by atoms with Gasteiger partial charge in [0, 0.05) is 47.8 Å². The van der Waals surface area contributed by atoms with E-state index in [2.05, 4.69) is 0 Å². The lowest BCUT2D eigenvalue weighted by atomic mass is 9.77. The number of nitro groups is 1. The highest BCUT2D eigenvalue weighted by Crippen LogP contribution is 2.43. The molecular formula is C22H20N2O4. The van der Waals surface area contributed by atoms with Crippen LogP contribution in [0.1, 0.15) is 42.7 Å². The Balaban J connectivity index is 1.82. The summed E-state index contributed by atoms with van der Waals surface area (Å²) in [4.78, 5) is 38.1. The van der Waals surface area contributed by atoms with E-state index in [1.165, 1.54) is 12.1 Å². The Morgan fingerprint density at radius 2 is 1.82 bits per heavy atom. The third kappa shape index (κ3) is 3.11. The predicted octanol–water partition coefficient (Wildman–Crippen LogP) is 4.43. The summed E-state index contributed by atoms with van der Waals surface area (Å²) < 4.78 is 0. The van der Waals surface area contributed by atoms with Crippen LogP contribution in [-0.2, 0) is 9.59 Å². The monoisotopic (exact) mass is 376 g/mol. The van der Waals surface area contributed by atoms with E-state index >= 15 is 0 Å². The molecule has 0 saturated carbocycles. The molecule has 0 aromatic heterocycles. The normalized spacial score (nSPS) is 19.6. The first-order chi connectivity index (χ1) is 13.5. The molecule has 1 amide bonds. The fourth-order valence-electron chi connectivity index (χ4n) is 4.17. The van der Waals surface area contributed by atoms with Crippen LogP contribution in [0.25, 0.3) is 0 Å². The molecule has 1 atom stereocenters. The van der Waals surface area contributed by atoms with Gasteiger partial charge in [-0.15, -0.1) is 0 Å². The summed E-state index contributed by atoms with van der Waals surface area (Å²) in [7, 11) is 0. The molecule has 0 saturated heterocycles. The molecule has 0 bridgehead atoms. The largest absolute Gasteiger partial charge is 0.294 e. The van der Waals surface area contributed by atoms with Crippen molar-refractivity contribution in [3.05, 3.63) is 81.0 Å². The Morgan fingerprint density at radius 1 is 1.07 bits per heavy atom. The van der Waals surface area contributed by atoms with Gasteiger partial charge in [0.05, 0.1) is 4.92 Å². The minimum Gasteiger partial charge on any atom is -0.294 e. The highest BCUT2D eigenvalue weighted by molar-refractivity contribution is 6.07. The molecule has 6 heteroatoms. The Hall–Kier alpha value is -3.28. The van der Waals surface area contributed by atoms with Gasteiger partial charge in [-0.05, 0) is 43.0 Å². The SMILES string of the molecule is Cc1cccc(N2C(=O)CC(c3ccc([N+](=O)[O-])cc3)C3=C2CCCC3=O)c1. The number of nitrogens with zero attached hydrogens (tertiary/aromatic N) is 2. The molecule has 0 N–H and O–H groups in total. The second kappa shape index (κ2) is 7.03. The van der Waals surface area contributed by atoms with Gasteiger partial charge in [-0.2, -0.15) is 0 Å². The van der Waals surface area contributed by atoms with Crippen molar-refractivity contribution in [3.63, 3.8) is 0 Å². The number of allylic oxidation sites excluding steroid dienone is 2. The minimum absolute atomic E-state index is 0.00329. The van der Waals surface area contributed by atoms with Crippen LogP contribution < -0.4 is 4.90 Å². The van der Waals surface area contributed by atoms with E-state index in [4.69, 9.17) is 0 Å². The molecule has 1 heterocycles. The quantitative estimate of drug-likeness (QED) is 0.586. The maximum Gasteiger partial charge on any atom is 0.269 e. The maximum atomic E-state index is 13.1. The summed E-state index contributed by atoms with van der Waals surface area (Å²) in [6.45, 7) is 1.97. The average molecular weight is 376 g/mol. The van der Waals surface area contributed by atoms with Crippen LogP contribution in [0.5, 0.6) is 0 Å². The van der Waals surface area contributed by atoms with Crippen molar-refractivity contribution in [2.24, 2.45) is 0 Å². The van der Waals surface area contributed by atoms with Crippen LogP contribution in [0.4, 0.5) is 11.4 Å². The molecule has 0 fully saturated rings. The van der Waals surface area contributed by atoms with Crippen molar-refractivity contribution in [1.29, 1.82) is 0 Å². The topological polar surface area (TPSA) is 80.5 Å². The maximum absolute atomic E-state index is 13.1. The van der Waals surface area contributed by atoms with Crippen LogP contribution in [0.15, 0.2) is 59.8 Å². The van der Waals surface area contributed by atoms with E-state index in [1.807, 2.05) is 31.2 Å². The number of ketones is 1. The van der Waals surface area contributed by atoms with Gasteiger partial charge in [-0.1, -0.05) is 24.3 Å². The van der Waals surface area contributed by atoms with Crippen molar-refractivity contribution < 1.29 is 14.5 Å². The van der Waals surface area contributed by atoms with E-state index < -0.39 is 4.92 Å². The molecule has 1 aliphatic carbocycles. The Labute approximate surface area is 162 Å². The second-order valence-corrected chi connectivity index (χ2v) is 7.31. The standard InChI is InChI=1S/C22H20N2O4/c1-14-4-2-5-17(12-14)23-19-6-3-7-20(25)22(19)18(13-21(23)26)15-8-10-16(11-9-15)24(27)28/h2,4-5,8-12,18H,3,6-7,13H2,1H3. The van der Waals surface area contributed by atoms with E-state index in [0.29, 0.717) is 18.4 Å². The number of benzene rings is 2. The zero-order valence-electron chi connectivity index (χ0n) is 15.6.